The summed E-state index contributed by atoms with van der Waals surface area (Å²) in [5.74, 6) is 1.74. The van der Waals surface area contributed by atoms with Crippen molar-refractivity contribution < 1.29 is 14.3 Å². The summed E-state index contributed by atoms with van der Waals surface area (Å²) in [6.07, 6.45) is 6.68. The first-order valence-electron chi connectivity index (χ1n) is 8.14. The Morgan fingerprint density at radius 2 is 2.05 bits per heavy atom. The third-order valence-electron chi connectivity index (χ3n) is 5.41. The second kappa shape index (κ2) is 5.74. The van der Waals surface area contributed by atoms with Crippen LogP contribution in [0.2, 0.25) is 0 Å². The number of ether oxygens (including phenoxy) is 1. The summed E-state index contributed by atoms with van der Waals surface area (Å²) in [4.78, 5) is 26.5. The largest absolute Gasteiger partial charge is 0.466 e. The van der Waals surface area contributed by atoms with E-state index in [2.05, 4.69) is 0 Å². The molecule has 2 saturated carbocycles. The molecule has 1 amide bonds. The molecule has 3 fully saturated rings. The van der Waals surface area contributed by atoms with Gasteiger partial charge >= 0.3 is 5.97 Å². The number of amides is 1. The summed E-state index contributed by atoms with van der Waals surface area (Å²) < 4.78 is 5.11. The SMILES string of the molecule is CCOC(=O)[C@@H]1CCCN(C(=O)C2CC3CCC2C3)C1. The van der Waals surface area contributed by atoms with Crippen molar-refractivity contribution >= 4 is 11.9 Å². The maximum absolute atomic E-state index is 12.7. The third-order valence-corrected chi connectivity index (χ3v) is 5.41. The van der Waals surface area contributed by atoms with Gasteiger partial charge in [0.2, 0.25) is 5.91 Å². The molecular formula is C16H25NO3. The van der Waals surface area contributed by atoms with E-state index < -0.39 is 0 Å². The minimum Gasteiger partial charge on any atom is -0.466 e. The lowest BCUT2D eigenvalue weighted by atomic mass is 9.86. The van der Waals surface area contributed by atoms with Crippen LogP contribution >= 0.6 is 0 Å². The van der Waals surface area contributed by atoms with Crippen molar-refractivity contribution in [1.29, 1.82) is 0 Å². The van der Waals surface area contributed by atoms with Crippen molar-refractivity contribution in [1.82, 2.24) is 4.90 Å². The predicted molar refractivity (Wildman–Crippen MR) is 74.9 cm³/mol. The molecule has 0 aromatic rings. The molecule has 1 saturated heterocycles. The highest BCUT2D eigenvalue weighted by Crippen LogP contribution is 2.49. The Morgan fingerprint density at radius 3 is 2.70 bits per heavy atom. The van der Waals surface area contributed by atoms with Gasteiger partial charge in [0.05, 0.1) is 12.5 Å². The fraction of sp³-hybridized carbons (Fsp3) is 0.875. The Hall–Kier alpha value is -1.06. The number of fused-ring (bicyclic) bond motifs is 2. The maximum atomic E-state index is 12.7. The Morgan fingerprint density at radius 1 is 1.20 bits per heavy atom. The Labute approximate surface area is 120 Å². The van der Waals surface area contributed by atoms with Crippen LogP contribution in [0.4, 0.5) is 0 Å². The lowest BCUT2D eigenvalue weighted by molar-refractivity contribution is -0.152. The molecular weight excluding hydrogens is 254 g/mol. The normalized spacial score (nSPS) is 36.1. The molecule has 1 aliphatic heterocycles. The van der Waals surface area contributed by atoms with Crippen molar-refractivity contribution in [3.05, 3.63) is 0 Å². The van der Waals surface area contributed by atoms with Crippen LogP contribution in [0, 0.1) is 23.7 Å². The average molecular weight is 279 g/mol. The molecule has 2 aliphatic carbocycles. The third kappa shape index (κ3) is 2.57. The number of carbonyl (C=O) groups excluding carboxylic acids is 2. The summed E-state index contributed by atoms with van der Waals surface area (Å²) in [5, 5.41) is 0. The van der Waals surface area contributed by atoms with Gasteiger partial charge < -0.3 is 9.64 Å². The van der Waals surface area contributed by atoms with Gasteiger partial charge in [-0.15, -0.1) is 0 Å². The van der Waals surface area contributed by atoms with Crippen molar-refractivity contribution in [2.75, 3.05) is 19.7 Å². The van der Waals surface area contributed by atoms with Gasteiger partial charge in [0.15, 0.2) is 0 Å². The summed E-state index contributed by atoms with van der Waals surface area (Å²) in [6, 6.07) is 0. The average Bonchev–Trinajstić information content (AvgIpc) is 3.09. The van der Waals surface area contributed by atoms with Crippen LogP contribution in [-0.4, -0.2) is 36.5 Å². The highest BCUT2D eigenvalue weighted by Gasteiger charge is 2.45. The van der Waals surface area contributed by atoms with Crippen molar-refractivity contribution in [3.63, 3.8) is 0 Å². The van der Waals surface area contributed by atoms with E-state index in [0.29, 0.717) is 25.0 Å². The summed E-state index contributed by atoms with van der Waals surface area (Å²) in [6.45, 7) is 3.66. The van der Waals surface area contributed by atoms with Crippen LogP contribution in [0.25, 0.3) is 0 Å². The van der Waals surface area contributed by atoms with Gasteiger partial charge in [-0.25, -0.2) is 0 Å². The molecule has 0 N–H and O–H groups in total. The van der Waals surface area contributed by atoms with Crippen LogP contribution in [-0.2, 0) is 14.3 Å². The number of rotatable bonds is 3. The monoisotopic (exact) mass is 279 g/mol. The highest BCUT2D eigenvalue weighted by molar-refractivity contribution is 5.81. The van der Waals surface area contributed by atoms with Crippen LogP contribution in [0.15, 0.2) is 0 Å². The van der Waals surface area contributed by atoms with Crippen molar-refractivity contribution in [3.8, 4) is 0 Å². The minimum atomic E-state index is -0.127. The molecule has 112 valence electrons. The van der Waals surface area contributed by atoms with E-state index in [0.717, 1.165) is 31.7 Å². The van der Waals surface area contributed by atoms with E-state index in [1.807, 2.05) is 11.8 Å². The molecule has 3 rings (SSSR count). The zero-order valence-electron chi connectivity index (χ0n) is 12.3. The first kappa shape index (κ1) is 13.9. The quantitative estimate of drug-likeness (QED) is 0.744. The number of esters is 1. The lowest BCUT2D eigenvalue weighted by Crippen LogP contribution is -2.46. The molecule has 3 aliphatic rings. The van der Waals surface area contributed by atoms with Crippen molar-refractivity contribution in [2.45, 2.75) is 45.4 Å². The van der Waals surface area contributed by atoms with Gasteiger partial charge in [0.25, 0.3) is 0 Å². The molecule has 2 bridgehead atoms. The Bertz CT molecular complexity index is 395. The first-order chi connectivity index (χ1) is 9.69. The molecule has 0 radical (unpaired) electrons. The standard InChI is InChI=1S/C16H25NO3/c1-2-20-16(19)13-4-3-7-17(10-13)15(18)14-9-11-5-6-12(14)8-11/h11-14H,2-10H2,1H3/t11?,12?,13-,14?/m1/s1. The topological polar surface area (TPSA) is 46.6 Å². The lowest BCUT2D eigenvalue weighted by Gasteiger charge is -2.35. The number of hydrogen-bond donors (Lipinski definition) is 0. The van der Waals surface area contributed by atoms with Crippen LogP contribution in [0.1, 0.15) is 45.4 Å². The number of piperidine rings is 1. The number of carbonyl (C=O) groups is 2. The molecule has 20 heavy (non-hydrogen) atoms. The second-order valence-electron chi connectivity index (χ2n) is 6.66. The molecule has 0 aromatic carbocycles. The fourth-order valence-corrected chi connectivity index (χ4v) is 4.41. The van der Waals surface area contributed by atoms with Crippen LogP contribution in [0.3, 0.4) is 0 Å². The molecule has 4 heteroatoms. The molecule has 0 spiro atoms. The molecule has 0 aromatic heterocycles. The summed E-state index contributed by atoms with van der Waals surface area (Å²) in [7, 11) is 0. The van der Waals surface area contributed by atoms with Crippen LogP contribution in [0.5, 0.6) is 0 Å². The Kier molecular flexibility index (Phi) is 3.99. The van der Waals surface area contributed by atoms with E-state index in [4.69, 9.17) is 4.74 Å². The molecule has 1 heterocycles. The summed E-state index contributed by atoms with van der Waals surface area (Å²) in [5.41, 5.74) is 0. The van der Waals surface area contributed by atoms with E-state index in [1.54, 1.807) is 0 Å². The zero-order valence-corrected chi connectivity index (χ0v) is 12.3. The Balaban J connectivity index is 1.59. The van der Waals surface area contributed by atoms with E-state index in [-0.39, 0.29) is 17.8 Å². The van der Waals surface area contributed by atoms with Crippen LogP contribution < -0.4 is 0 Å². The molecule has 3 unspecified atom stereocenters. The number of hydrogen-bond acceptors (Lipinski definition) is 3. The van der Waals surface area contributed by atoms with Gasteiger partial charge in [-0.1, -0.05) is 6.42 Å². The highest BCUT2D eigenvalue weighted by atomic mass is 16.5. The first-order valence-corrected chi connectivity index (χ1v) is 8.14. The van der Waals surface area contributed by atoms with E-state index >= 15 is 0 Å². The fourth-order valence-electron chi connectivity index (χ4n) is 4.41. The second-order valence-corrected chi connectivity index (χ2v) is 6.66. The van der Waals surface area contributed by atoms with Crippen molar-refractivity contribution in [2.24, 2.45) is 23.7 Å². The van der Waals surface area contributed by atoms with Gasteiger partial charge in [-0.05, 0) is 50.9 Å². The smallest absolute Gasteiger partial charge is 0.310 e. The van der Waals surface area contributed by atoms with Gasteiger partial charge in [-0.2, -0.15) is 0 Å². The zero-order chi connectivity index (χ0) is 14.1. The minimum absolute atomic E-state index is 0.105. The van der Waals surface area contributed by atoms with E-state index in [9.17, 15) is 9.59 Å². The molecule has 4 atom stereocenters. The molecule has 4 nitrogen and oxygen atoms in total. The maximum Gasteiger partial charge on any atom is 0.310 e. The van der Waals surface area contributed by atoms with Gasteiger partial charge in [0.1, 0.15) is 0 Å². The van der Waals surface area contributed by atoms with Gasteiger partial charge in [-0.3, -0.25) is 9.59 Å². The predicted octanol–water partition coefficient (Wildman–Crippen LogP) is 2.22. The van der Waals surface area contributed by atoms with Gasteiger partial charge in [0, 0.05) is 19.0 Å². The number of nitrogens with zero attached hydrogens (tertiary/aromatic N) is 1. The number of likely N-dealkylation sites (tertiary alicyclic amines) is 1. The summed E-state index contributed by atoms with van der Waals surface area (Å²) >= 11 is 0. The van der Waals surface area contributed by atoms with E-state index in [1.165, 1.54) is 19.3 Å².